The van der Waals surface area contributed by atoms with E-state index in [1.54, 1.807) is 0 Å². The average molecular weight is 535 g/mol. The molecular formula is C23H26N4O9S. The topological polar surface area (TPSA) is 174 Å². The molecule has 0 aromatic heterocycles. The summed E-state index contributed by atoms with van der Waals surface area (Å²) < 4.78 is 10.4. The second-order valence-corrected chi connectivity index (χ2v) is 9.17. The number of nitrogens with zero attached hydrogens (tertiary/aromatic N) is 3. The number of non-ortho nitro benzene ring substituents is 2. The highest BCUT2D eigenvalue weighted by atomic mass is 32.1. The number of rotatable bonds is 10. The third-order valence-electron chi connectivity index (χ3n) is 5.68. The van der Waals surface area contributed by atoms with Gasteiger partial charge in [0.2, 0.25) is 0 Å². The summed E-state index contributed by atoms with van der Waals surface area (Å²) in [6, 6.07) is 10.9. The van der Waals surface area contributed by atoms with E-state index in [9.17, 15) is 34.9 Å². The molecule has 0 bridgehead atoms. The lowest BCUT2D eigenvalue weighted by Gasteiger charge is -2.26. The Bertz CT molecular complexity index is 1110. The fraction of sp³-hybridized carbons (Fsp3) is 0.391. The first kappa shape index (κ1) is 27.7. The molecule has 0 aliphatic carbocycles. The van der Waals surface area contributed by atoms with Gasteiger partial charge in [-0.25, -0.2) is 9.59 Å². The number of ether oxygens (including phenoxy) is 2. The predicted octanol–water partition coefficient (Wildman–Crippen LogP) is 3.19. The molecule has 198 valence electrons. The fourth-order valence-electron chi connectivity index (χ4n) is 3.79. The Labute approximate surface area is 217 Å². The zero-order chi connectivity index (χ0) is 26.9. The molecule has 37 heavy (non-hydrogen) atoms. The van der Waals surface area contributed by atoms with Crippen molar-refractivity contribution in [3.63, 3.8) is 0 Å². The van der Waals surface area contributed by atoms with Crippen LogP contribution in [-0.2, 0) is 22.7 Å². The van der Waals surface area contributed by atoms with E-state index in [1.807, 2.05) is 0 Å². The molecule has 1 fully saturated rings. The lowest BCUT2D eigenvalue weighted by molar-refractivity contribution is -0.385. The number of nitro benzene ring substituents is 2. The molecule has 2 N–H and O–H groups in total. The molecule has 0 unspecified atom stereocenters. The van der Waals surface area contributed by atoms with Crippen LogP contribution in [0.3, 0.4) is 0 Å². The van der Waals surface area contributed by atoms with Crippen LogP contribution in [0, 0.1) is 20.2 Å². The second-order valence-electron chi connectivity index (χ2n) is 8.44. The van der Waals surface area contributed by atoms with Gasteiger partial charge in [-0.1, -0.05) is 0 Å². The zero-order valence-corrected chi connectivity index (χ0v) is 20.5. The monoisotopic (exact) mass is 534 g/mol. The van der Waals surface area contributed by atoms with Crippen molar-refractivity contribution in [3.05, 3.63) is 79.9 Å². The molecule has 14 heteroatoms. The van der Waals surface area contributed by atoms with Crippen molar-refractivity contribution in [2.24, 2.45) is 0 Å². The highest BCUT2D eigenvalue weighted by Crippen LogP contribution is 2.26. The third-order valence-corrected chi connectivity index (χ3v) is 6.05. The molecule has 3 rings (SSSR count). The molecule has 2 amide bonds. The number of alkyl carbamates (subject to hydrolysis) is 1. The van der Waals surface area contributed by atoms with Gasteiger partial charge in [0.25, 0.3) is 11.4 Å². The highest BCUT2D eigenvalue weighted by Gasteiger charge is 2.36. The highest BCUT2D eigenvalue weighted by molar-refractivity contribution is 7.81. The first-order chi connectivity index (χ1) is 17.6. The van der Waals surface area contributed by atoms with E-state index in [2.05, 4.69) is 17.9 Å². The SMILES string of the molecule is O=C(NC[C@H](O)C[C@@H]1C[C@H](S)CN1C(=O)OCc1ccc([N+](=O)[O-])cc1)OCc1ccc([N+](=O)[O-])cc1. The van der Waals surface area contributed by atoms with Crippen LogP contribution in [-0.4, -0.2) is 62.5 Å². The number of hydrogen-bond acceptors (Lipinski definition) is 10. The van der Waals surface area contributed by atoms with Gasteiger partial charge in [-0.2, -0.15) is 12.6 Å². The van der Waals surface area contributed by atoms with Crippen molar-refractivity contribution in [2.45, 2.75) is 43.5 Å². The molecule has 0 spiro atoms. The van der Waals surface area contributed by atoms with Crippen LogP contribution in [0.4, 0.5) is 21.0 Å². The first-order valence-corrected chi connectivity index (χ1v) is 11.8. The van der Waals surface area contributed by atoms with Crippen molar-refractivity contribution in [1.82, 2.24) is 10.2 Å². The second kappa shape index (κ2) is 12.9. The zero-order valence-electron chi connectivity index (χ0n) is 19.6. The maximum absolute atomic E-state index is 12.6. The number of carbonyl (C=O) groups excluding carboxylic acids is 2. The van der Waals surface area contributed by atoms with Crippen LogP contribution < -0.4 is 5.32 Å². The standard InChI is InChI=1S/C23H26N4O9S/c28-20(11-24-22(29)35-13-15-1-5-17(6-2-15)26(31)32)9-19-10-21(37)12-25(19)23(30)36-14-16-3-7-18(8-4-16)27(33)34/h1-8,19-21,28,37H,9-14H2,(H,24,29)/t19-,20-,21+/m1/s1. The maximum Gasteiger partial charge on any atom is 0.410 e. The minimum absolute atomic E-state index is 0.0644. The summed E-state index contributed by atoms with van der Waals surface area (Å²) in [4.78, 5) is 46.4. The summed E-state index contributed by atoms with van der Waals surface area (Å²) in [5, 5.41) is 34.2. The summed E-state index contributed by atoms with van der Waals surface area (Å²) in [6.45, 7) is 0.0447. The first-order valence-electron chi connectivity index (χ1n) is 11.3. The molecule has 3 atom stereocenters. The largest absolute Gasteiger partial charge is 0.445 e. The van der Waals surface area contributed by atoms with Gasteiger partial charge >= 0.3 is 12.2 Å². The Hall–Kier alpha value is -3.91. The van der Waals surface area contributed by atoms with Crippen LogP contribution in [0.1, 0.15) is 24.0 Å². The lowest BCUT2D eigenvalue weighted by Crippen LogP contribution is -2.40. The predicted molar refractivity (Wildman–Crippen MR) is 133 cm³/mol. The van der Waals surface area contributed by atoms with Crippen molar-refractivity contribution < 1.29 is 34.0 Å². The summed E-state index contributed by atoms with van der Waals surface area (Å²) in [5.74, 6) is 0. The number of benzene rings is 2. The molecule has 1 aliphatic rings. The van der Waals surface area contributed by atoms with Gasteiger partial charge in [0, 0.05) is 48.6 Å². The van der Waals surface area contributed by atoms with Gasteiger partial charge in [-0.05, 0) is 48.2 Å². The number of hydrogen-bond donors (Lipinski definition) is 3. The van der Waals surface area contributed by atoms with E-state index in [0.29, 0.717) is 24.1 Å². The molecule has 1 heterocycles. The van der Waals surface area contributed by atoms with E-state index in [-0.39, 0.29) is 48.8 Å². The van der Waals surface area contributed by atoms with E-state index in [0.717, 1.165) is 0 Å². The third kappa shape index (κ3) is 8.32. The Kier molecular flexibility index (Phi) is 9.63. The Morgan fingerprint density at radius 3 is 2.03 bits per heavy atom. The number of aliphatic hydroxyl groups is 1. The van der Waals surface area contributed by atoms with E-state index < -0.39 is 28.1 Å². The molecule has 2 aromatic carbocycles. The summed E-state index contributed by atoms with van der Waals surface area (Å²) in [6.07, 6.45) is -1.64. The van der Waals surface area contributed by atoms with Crippen LogP contribution in [0.5, 0.6) is 0 Å². The quantitative estimate of drug-likeness (QED) is 0.235. The minimum atomic E-state index is -0.972. The van der Waals surface area contributed by atoms with Gasteiger partial charge in [-0.15, -0.1) is 0 Å². The van der Waals surface area contributed by atoms with Crippen molar-refractivity contribution in [3.8, 4) is 0 Å². The van der Waals surface area contributed by atoms with E-state index in [4.69, 9.17) is 9.47 Å². The number of amides is 2. The molecule has 2 aromatic rings. The molecule has 1 aliphatic heterocycles. The Morgan fingerprint density at radius 2 is 1.51 bits per heavy atom. The van der Waals surface area contributed by atoms with Gasteiger partial charge in [0.1, 0.15) is 13.2 Å². The normalized spacial score (nSPS) is 17.6. The number of thiol groups is 1. The molecule has 13 nitrogen and oxygen atoms in total. The number of nitro groups is 2. The summed E-state index contributed by atoms with van der Waals surface area (Å²) in [7, 11) is 0. The van der Waals surface area contributed by atoms with Crippen LogP contribution >= 0.6 is 12.6 Å². The van der Waals surface area contributed by atoms with Crippen LogP contribution in [0.15, 0.2) is 48.5 Å². The average Bonchev–Trinajstić information content (AvgIpc) is 3.24. The number of likely N-dealkylation sites (tertiary alicyclic amines) is 1. The van der Waals surface area contributed by atoms with Crippen molar-refractivity contribution >= 4 is 36.2 Å². The smallest absolute Gasteiger partial charge is 0.410 e. The van der Waals surface area contributed by atoms with Gasteiger partial charge < -0.3 is 24.8 Å². The molecule has 0 saturated carbocycles. The number of carbonyl (C=O) groups is 2. The Morgan fingerprint density at radius 1 is 1.00 bits per heavy atom. The summed E-state index contributed by atoms with van der Waals surface area (Å²) >= 11 is 4.44. The van der Waals surface area contributed by atoms with E-state index in [1.165, 1.54) is 53.4 Å². The van der Waals surface area contributed by atoms with Gasteiger partial charge in [-0.3, -0.25) is 20.2 Å². The summed E-state index contributed by atoms with van der Waals surface area (Å²) in [5.41, 5.74) is 1.02. The number of aliphatic hydroxyl groups excluding tert-OH is 1. The van der Waals surface area contributed by atoms with E-state index >= 15 is 0 Å². The molecule has 0 radical (unpaired) electrons. The van der Waals surface area contributed by atoms with Crippen LogP contribution in [0.25, 0.3) is 0 Å². The van der Waals surface area contributed by atoms with Gasteiger partial charge in [0.15, 0.2) is 0 Å². The fourth-order valence-corrected chi connectivity index (χ4v) is 4.21. The lowest BCUT2D eigenvalue weighted by atomic mass is 10.1. The maximum atomic E-state index is 12.6. The molecular weight excluding hydrogens is 508 g/mol. The van der Waals surface area contributed by atoms with Crippen molar-refractivity contribution in [2.75, 3.05) is 13.1 Å². The Balaban J connectivity index is 1.42. The van der Waals surface area contributed by atoms with Crippen molar-refractivity contribution in [1.29, 1.82) is 0 Å². The minimum Gasteiger partial charge on any atom is -0.445 e. The number of nitrogens with one attached hydrogen (secondary N) is 1. The van der Waals surface area contributed by atoms with Gasteiger partial charge in [0.05, 0.1) is 16.0 Å². The molecule has 1 saturated heterocycles. The van der Waals surface area contributed by atoms with Crippen LogP contribution in [0.2, 0.25) is 0 Å².